The Bertz CT molecular complexity index is 560. The van der Waals surface area contributed by atoms with Gasteiger partial charge in [0, 0.05) is 31.2 Å². The van der Waals surface area contributed by atoms with Crippen LogP contribution in [0.2, 0.25) is 0 Å². The maximum Gasteiger partial charge on any atom is 0.0369 e. The lowest BCUT2D eigenvalue weighted by Gasteiger charge is -2.19. The molecule has 0 spiro atoms. The Labute approximate surface area is 148 Å². The lowest BCUT2D eigenvalue weighted by atomic mass is 10.0. The predicted molar refractivity (Wildman–Crippen MR) is 100 cm³/mol. The van der Waals surface area contributed by atoms with Gasteiger partial charge < -0.3 is 5.32 Å². The number of rotatable bonds is 7. The molecule has 1 atom stereocenters. The van der Waals surface area contributed by atoms with Crippen LogP contribution in [0.4, 0.5) is 0 Å². The van der Waals surface area contributed by atoms with Crippen LogP contribution in [-0.2, 0) is 12.8 Å². The van der Waals surface area contributed by atoms with Crippen LogP contribution in [0.3, 0.4) is 0 Å². The second kappa shape index (κ2) is 8.47. The summed E-state index contributed by atoms with van der Waals surface area (Å²) in [6.45, 7) is 5.47. The van der Waals surface area contributed by atoms with Gasteiger partial charge in [-0.05, 0) is 55.3 Å². The molecule has 1 heterocycles. The molecule has 114 valence electrons. The molecule has 0 amide bonds. The van der Waals surface area contributed by atoms with Crippen LogP contribution in [0.1, 0.15) is 41.6 Å². The maximum absolute atomic E-state index is 3.68. The minimum Gasteiger partial charge on any atom is -0.310 e. The van der Waals surface area contributed by atoms with Crippen LogP contribution >= 0.6 is 43.2 Å². The van der Waals surface area contributed by atoms with Crippen molar-refractivity contribution in [3.63, 3.8) is 0 Å². The Morgan fingerprint density at radius 1 is 1.05 bits per heavy atom. The number of nitrogens with one attached hydrogen (secondary N) is 1. The summed E-state index contributed by atoms with van der Waals surface area (Å²) >= 11 is 9.12. The zero-order valence-corrected chi connectivity index (χ0v) is 16.4. The first kappa shape index (κ1) is 17.2. The summed E-state index contributed by atoms with van der Waals surface area (Å²) < 4.78 is 2.24. The number of halogens is 2. The van der Waals surface area contributed by atoms with Crippen LogP contribution in [0.15, 0.2) is 39.3 Å². The van der Waals surface area contributed by atoms with Crippen molar-refractivity contribution in [1.82, 2.24) is 5.32 Å². The van der Waals surface area contributed by atoms with Crippen molar-refractivity contribution in [3.05, 3.63) is 54.6 Å². The van der Waals surface area contributed by atoms with E-state index in [0.717, 1.165) is 34.8 Å². The fourth-order valence-corrected chi connectivity index (χ4v) is 4.66. The van der Waals surface area contributed by atoms with E-state index in [1.54, 1.807) is 0 Å². The van der Waals surface area contributed by atoms with E-state index < -0.39 is 0 Å². The Morgan fingerprint density at radius 2 is 1.71 bits per heavy atom. The van der Waals surface area contributed by atoms with Crippen LogP contribution in [0, 0.1) is 0 Å². The van der Waals surface area contributed by atoms with Crippen molar-refractivity contribution >= 4 is 43.2 Å². The molecule has 0 aliphatic rings. The van der Waals surface area contributed by atoms with Gasteiger partial charge in [0.2, 0.25) is 0 Å². The average Bonchev–Trinajstić information content (AvgIpc) is 2.90. The number of benzene rings is 1. The number of thiophene rings is 1. The highest BCUT2D eigenvalue weighted by Gasteiger charge is 2.14. The molecule has 1 aromatic carbocycles. The summed E-state index contributed by atoms with van der Waals surface area (Å²) in [5.41, 5.74) is 1.33. The largest absolute Gasteiger partial charge is 0.310 e. The predicted octanol–water partition coefficient (Wildman–Crippen LogP) is 6.12. The summed E-state index contributed by atoms with van der Waals surface area (Å²) in [7, 11) is 0. The van der Waals surface area contributed by atoms with Crippen molar-refractivity contribution in [1.29, 1.82) is 0 Å². The average molecular weight is 431 g/mol. The fraction of sp³-hybridized carbons (Fsp3) is 0.412. The molecule has 1 nitrogen and oxygen atoms in total. The van der Waals surface area contributed by atoms with Gasteiger partial charge in [-0.3, -0.25) is 0 Å². The van der Waals surface area contributed by atoms with Crippen LogP contribution < -0.4 is 5.32 Å². The Hall–Kier alpha value is -0.160. The molecule has 0 aliphatic heterocycles. The molecule has 0 saturated carbocycles. The topological polar surface area (TPSA) is 12.0 Å². The molecule has 2 aromatic rings. The minimum absolute atomic E-state index is 0.363. The highest BCUT2D eigenvalue weighted by atomic mass is 79.9. The first-order chi connectivity index (χ1) is 10.1. The zero-order valence-electron chi connectivity index (χ0n) is 12.5. The van der Waals surface area contributed by atoms with Gasteiger partial charge in [0.05, 0.1) is 0 Å². The Morgan fingerprint density at radius 3 is 2.29 bits per heavy atom. The van der Waals surface area contributed by atoms with Gasteiger partial charge in [0.25, 0.3) is 0 Å². The molecular weight excluding hydrogens is 410 g/mol. The summed E-state index contributed by atoms with van der Waals surface area (Å²) in [4.78, 5) is 2.92. The molecule has 21 heavy (non-hydrogen) atoms. The molecule has 0 radical (unpaired) electrons. The second-order valence-electron chi connectivity index (χ2n) is 5.14. The van der Waals surface area contributed by atoms with E-state index in [1.807, 2.05) is 11.3 Å². The van der Waals surface area contributed by atoms with Crippen molar-refractivity contribution in [2.45, 2.75) is 39.2 Å². The number of aryl methyl sites for hydroxylation is 1. The second-order valence-corrected chi connectivity index (χ2v) is 8.22. The van der Waals surface area contributed by atoms with E-state index >= 15 is 0 Å². The molecule has 1 aromatic heterocycles. The highest BCUT2D eigenvalue weighted by Crippen LogP contribution is 2.28. The lowest BCUT2D eigenvalue weighted by Crippen LogP contribution is -2.23. The van der Waals surface area contributed by atoms with E-state index in [9.17, 15) is 0 Å². The van der Waals surface area contributed by atoms with E-state index in [0.29, 0.717) is 6.04 Å². The van der Waals surface area contributed by atoms with Crippen molar-refractivity contribution in [3.8, 4) is 0 Å². The molecule has 2 rings (SSSR count). The van der Waals surface area contributed by atoms with E-state index in [4.69, 9.17) is 0 Å². The van der Waals surface area contributed by atoms with Gasteiger partial charge in [-0.1, -0.05) is 45.7 Å². The standard InChI is InChI=1S/C17H21Br2NS/c1-3-7-20-17(11-16-6-5-15(4-2)21-16)12-8-13(18)10-14(19)9-12/h5-6,8-10,17,20H,3-4,7,11H2,1-2H3. The molecule has 1 unspecified atom stereocenters. The van der Waals surface area contributed by atoms with Gasteiger partial charge in [0.1, 0.15) is 0 Å². The Kier molecular flexibility index (Phi) is 6.93. The van der Waals surface area contributed by atoms with Crippen molar-refractivity contribution in [2.75, 3.05) is 6.54 Å². The summed E-state index contributed by atoms with van der Waals surface area (Å²) in [6, 6.07) is 11.4. The molecule has 0 fully saturated rings. The SMILES string of the molecule is CCCNC(Cc1ccc(CC)s1)c1cc(Br)cc(Br)c1. The molecule has 0 aliphatic carbocycles. The summed E-state index contributed by atoms with van der Waals surface area (Å²) in [6.07, 6.45) is 3.32. The van der Waals surface area contributed by atoms with Crippen molar-refractivity contribution < 1.29 is 0 Å². The first-order valence-electron chi connectivity index (χ1n) is 7.39. The molecule has 1 N–H and O–H groups in total. The molecule has 4 heteroatoms. The van der Waals surface area contributed by atoms with Gasteiger partial charge in [-0.2, -0.15) is 0 Å². The Balaban J connectivity index is 2.20. The third-order valence-corrected chi connectivity index (χ3v) is 5.57. The van der Waals surface area contributed by atoms with Gasteiger partial charge in [0.15, 0.2) is 0 Å². The quantitative estimate of drug-likeness (QED) is 0.557. The summed E-state index contributed by atoms with van der Waals surface area (Å²) in [5.74, 6) is 0. The number of hydrogen-bond acceptors (Lipinski definition) is 2. The van der Waals surface area contributed by atoms with Gasteiger partial charge in [-0.15, -0.1) is 11.3 Å². The smallest absolute Gasteiger partial charge is 0.0369 e. The molecule has 0 saturated heterocycles. The van der Waals surface area contributed by atoms with Crippen LogP contribution in [-0.4, -0.2) is 6.54 Å². The summed E-state index contributed by atoms with van der Waals surface area (Å²) in [5, 5.41) is 3.68. The van der Waals surface area contributed by atoms with Gasteiger partial charge >= 0.3 is 0 Å². The third-order valence-electron chi connectivity index (χ3n) is 3.40. The van der Waals surface area contributed by atoms with Crippen molar-refractivity contribution in [2.24, 2.45) is 0 Å². The highest BCUT2D eigenvalue weighted by molar-refractivity contribution is 9.11. The first-order valence-corrected chi connectivity index (χ1v) is 9.79. The zero-order chi connectivity index (χ0) is 15.2. The fourth-order valence-electron chi connectivity index (χ4n) is 2.33. The maximum atomic E-state index is 3.68. The normalized spacial score (nSPS) is 12.6. The third kappa shape index (κ3) is 5.20. The lowest BCUT2D eigenvalue weighted by molar-refractivity contribution is 0.532. The van der Waals surface area contributed by atoms with Crippen LogP contribution in [0.5, 0.6) is 0 Å². The minimum atomic E-state index is 0.363. The van der Waals surface area contributed by atoms with E-state index in [1.165, 1.54) is 15.3 Å². The van der Waals surface area contributed by atoms with E-state index in [-0.39, 0.29) is 0 Å². The van der Waals surface area contributed by atoms with Crippen LogP contribution in [0.25, 0.3) is 0 Å². The molecular formula is C17H21Br2NS. The van der Waals surface area contributed by atoms with E-state index in [2.05, 4.69) is 81.4 Å². The van der Waals surface area contributed by atoms with Gasteiger partial charge in [-0.25, -0.2) is 0 Å². The monoisotopic (exact) mass is 429 g/mol. The number of hydrogen-bond donors (Lipinski definition) is 1. The molecule has 0 bridgehead atoms.